The van der Waals surface area contributed by atoms with E-state index in [1.165, 1.54) is 4.31 Å². The van der Waals surface area contributed by atoms with Crippen molar-refractivity contribution in [3.8, 4) is 0 Å². The molecule has 3 rings (SSSR count). The molecule has 2 amide bonds. The minimum absolute atomic E-state index is 0.0957. The van der Waals surface area contributed by atoms with Gasteiger partial charge in [-0.3, -0.25) is 14.3 Å². The molecule has 0 radical (unpaired) electrons. The van der Waals surface area contributed by atoms with E-state index >= 15 is 0 Å². The summed E-state index contributed by atoms with van der Waals surface area (Å²) in [6, 6.07) is -0.0957. The maximum Gasteiger partial charge on any atom is 0.237 e. The number of likely N-dealkylation sites (tertiary alicyclic amines) is 1. The van der Waals surface area contributed by atoms with Crippen LogP contribution in [0.2, 0.25) is 0 Å². The van der Waals surface area contributed by atoms with Gasteiger partial charge in [0.25, 0.3) is 0 Å². The standard InChI is InChI=1S/C18H29N5O4S/c1-13-16(9-19-21(13)2)20-18(25)14-10-22(11-14)17(24)12-23(28(3,26)27)15-7-5-4-6-8-15/h9,14-15H,4-8,10-12H2,1-3H3,(H,20,25). The van der Waals surface area contributed by atoms with E-state index in [0.29, 0.717) is 18.8 Å². The highest BCUT2D eigenvalue weighted by Gasteiger charge is 2.38. The Morgan fingerprint density at radius 1 is 1.25 bits per heavy atom. The summed E-state index contributed by atoms with van der Waals surface area (Å²) in [6.07, 6.45) is 7.46. The smallest absolute Gasteiger partial charge is 0.237 e. The van der Waals surface area contributed by atoms with Crippen molar-refractivity contribution in [2.75, 3.05) is 31.2 Å². The number of anilines is 1. The zero-order chi connectivity index (χ0) is 20.5. The second kappa shape index (κ2) is 8.20. The predicted octanol–water partition coefficient (Wildman–Crippen LogP) is 0.720. The van der Waals surface area contributed by atoms with Gasteiger partial charge in [0, 0.05) is 26.2 Å². The van der Waals surface area contributed by atoms with E-state index in [4.69, 9.17) is 0 Å². The van der Waals surface area contributed by atoms with Gasteiger partial charge < -0.3 is 10.2 Å². The van der Waals surface area contributed by atoms with Gasteiger partial charge in [0.05, 0.1) is 36.3 Å². The van der Waals surface area contributed by atoms with Crippen molar-refractivity contribution in [2.45, 2.75) is 45.1 Å². The molecular weight excluding hydrogens is 382 g/mol. The molecule has 1 aliphatic carbocycles. The lowest BCUT2D eigenvalue weighted by atomic mass is 9.95. The highest BCUT2D eigenvalue weighted by Crippen LogP contribution is 2.25. The van der Waals surface area contributed by atoms with Crippen LogP contribution in [0.5, 0.6) is 0 Å². The van der Waals surface area contributed by atoms with Gasteiger partial charge in [-0.15, -0.1) is 0 Å². The molecular formula is C18H29N5O4S. The first-order valence-electron chi connectivity index (χ1n) is 9.71. The quantitative estimate of drug-likeness (QED) is 0.743. The first-order chi connectivity index (χ1) is 13.2. The van der Waals surface area contributed by atoms with Gasteiger partial charge in [0.2, 0.25) is 21.8 Å². The van der Waals surface area contributed by atoms with E-state index in [0.717, 1.165) is 44.1 Å². The van der Waals surface area contributed by atoms with Crippen molar-refractivity contribution >= 4 is 27.5 Å². The Balaban J connectivity index is 1.53. The summed E-state index contributed by atoms with van der Waals surface area (Å²) in [5.74, 6) is -0.671. The summed E-state index contributed by atoms with van der Waals surface area (Å²) in [7, 11) is -1.65. The van der Waals surface area contributed by atoms with Gasteiger partial charge in [-0.05, 0) is 19.8 Å². The summed E-state index contributed by atoms with van der Waals surface area (Å²) in [6.45, 7) is 2.35. The molecule has 1 saturated heterocycles. The lowest BCUT2D eigenvalue weighted by molar-refractivity contribution is -0.141. The zero-order valence-electron chi connectivity index (χ0n) is 16.7. The molecule has 1 aliphatic heterocycles. The third-order valence-corrected chi connectivity index (χ3v) is 7.08. The van der Waals surface area contributed by atoms with Crippen LogP contribution in [0.1, 0.15) is 37.8 Å². The van der Waals surface area contributed by atoms with Crippen molar-refractivity contribution < 1.29 is 18.0 Å². The van der Waals surface area contributed by atoms with Crippen LogP contribution in [0.25, 0.3) is 0 Å². The number of carbonyl (C=O) groups excluding carboxylic acids is 2. The number of sulfonamides is 1. The SMILES string of the molecule is Cc1c(NC(=O)C2CN(C(=O)CN(C3CCCCC3)S(C)(=O)=O)C2)cnn1C. The van der Waals surface area contributed by atoms with Crippen molar-refractivity contribution in [2.24, 2.45) is 13.0 Å². The third kappa shape index (κ3) is 4.54. The van der Waals surface area contributed by atoms with Crippen molar-refractivity contribution in [3.05, 3.63) is 11.9 Å². The number of nitrogens with one attached hydrogen (secondary N) is 1. The normalized spacial score (nSPS) is 18.9. The molecule has 0 bridgehead atoms. The van der Waals surface area contributed by atoms with Crippen LogP contribution in [0.4, 0.5) is 5.69 Å². The Labute approximate surface area is 166 Å². The molecule has 2 aliphatic rings. The Morgan fingerprint density at radius 2 is 1.89 bits per heavy atom. The highest BCUT2D eigenvalue weighted by molar-refractivity contribution is 7.88. The average Bonchev–Trinajstić information content (AvgIpc) is 2.90. The monoisotopic (exact) mass is 411 g/mol. The molecule has 2 heterocycles. The van der Waals surface area contributed by atoms with Gasteiger partial charge in [0.15, 0.2) is 0 Å². The van der Waals surface area contributed by atoms with Crippen LogP contribution in [-0.2, 0) is 26.7 Å². The number of aryl methyl sites for hydroxylation is 1. The maximum atomic E-state index is 12.6. The van der Waals surface area contributed by atoms with Crippen molar-refractivity contribution in [1.29, 1.82) is 0 Å². The van der Waals surface area contributed by atoms with Crippen LogP contribution < -0.4 is 5.32 Å². The van der Waals surface area contributed by atoms with Gasteiger partial charge in [-0.2, -0.15) is 9.40 Å². The van der Waals surface area contributed by atoms with Gasteiger partial charge in [0.1, 0.15) is 0 Å². The summed E-state index contributed by atoms with van der Waals surface area (Å²) < 4.78 is 27.4. The van der Waals surface area contributed by atoms with Crippen LogP contribution in [0.3, 0.4) is 0 Å². The third-order valence-electron chi connectivity index (χ3n) is 5.80. The number of hydrogen-bond acceptors (Lipinski definition) is 5. The van der Waals surface area contributed by atoms with E-state index in [9.17, 15) is 18.0 Å². The number of aromatic nitrogens is 2. The van der Waals surface area contributed by atoms with Crippen LogP contribution in [0.15, 0.2) is 6.20 Å². The number of carbonyl (C=O) groups is 2. The Morgan fingerprint density at radius 3 is 2.43 bits per heavy atom. The van der Waals surface area contributed by atoms with E-state index in [1.54, 1.807) is 22.8 Å². The van der Waals surface area contributed by atoms with E-state index in [-0.39, 0.29) is 30.3 Å². The fourth-order valence-electron chi connectivity index (χ4n) is 3.82. The molecule has 156 valence electrons. The molecule has 1 saturated carbocycles. The molecule has 0 unspecified atom stereocenters. The second-order valence-corrected chi connectivity index (χ2v) is 9.79. The topological polar surface area (TPSA) is 105 Å². The van der Waals surface area contributed by atoms with Crippen LogP contribution in [-0.4, -0.2) is 71.1 Å². The first kappa shape index (κ1) is 20.8. The fraction of sp³-hybridized carbons (Fsp3) is 0.722. The predicted molar refractivity (Wildman–Crippen MR) is 105 cm³/mol. The Hall–Kier alpha value is -1.94. The van der Waals surface area contributed by atoms with Crippen molar-refractivity contribution in [1.82, 2.24) is 19.0 Å². The zero-order valence-corrected chi connectivity index (χ0v) is 17.5. The molecule has 0 atom stereocenters. The molecule has 0 spiro atoms. The minimum Gasteiger partial charge on any atom is -0.340 e. The van der Waals surface area contributed by atoms with Crippen LogP contribution >= 0.6 is 0 Å². The molecule has 1 aromatic rings. The lowest BCUT2D eigenvalue weighted by Crippen LogP contribution is -2.57. The number of nitrogens with zero attached hydrogens (tertiary/aromatic N) is 4. The fourth-order valence-corrected chi connectivity index (χ4v) is 4.92. The molecule has 28 heavy (non-hydrogen) atoms. The largest absolute Gasteiger partial charge is 0.340 e. The van der Waals surface area contributed by atoms with Gasteiger partial charge in [-0.1, -0.05) is 19.3 Å². The van der Waals surface area contributed by atoms with Crippen molar-refractivity contribution in [3.63, 3.8) is 0 Å². The average molecular weight is 412 g/mol. The van der Waals surface area contributed by atoms with Gasteiger partial charge in [-0.25, -0.2) is 8.42 Å². The maximum absolute atomic E-state index is 12.6. The minimum atomic E-state index is -3.45. The Bertz CT molecular complexity index is 838. The Kier molecular flexibility index (Phi) is 6.09. The molecule has 1 aromatic heterocycles. The number of rotatable bonds is 6. The van der Waals surface area contributed by atoms with Crippen LogP contribution in [0, 0.1) is 12.8 Å². The number of hydrogen-bond donors (Lipinski definition) is 1. The molecule has 1 N–H and O–H groups in total. The summed E-state index contributed by atoms with van der Waals surface area (Å²) >= 11 is 0. The second-order valence-electron chi connectivity index (χ2n) is 7.85. The highest BCUT2D eigenvalue weighted by atomic mass is 32.2. The van der Waals surface area contributed by atoms with E-state index < -0.39 is 10.0 Å². The summed E-state index contributed by atoms with van der Waals surface area (Å²) in [5.41, 5.74) is 1.52. The molecule has 10 heteroatoms. The van der Waals surface area contributed by atoms with Gasteiger partial charge >= 0.3 is 0 Å². The number of amides is 2. The summed E-state index contributed by atoms with van der Waals surface area (Å²) in [5, 5.41) is 6.93. The van der Waals surface area contributed by atoms with E-state index in [2.05, 4.69) is 10.4 Å². The molecule has 9 nitrogen and oxygen atoms in total. The molecule has 0 aromatic carbocycles. The summed E-state index contributed by atoms with van der Waals surface area (Å²) in [4.78, 5) is 26.5. The lowest BCUT2D eigenvalue weighted by Gasteiger charge is -2.40. The first-order valence-corrected chi connectivity index (χ1v) is 11.6. The molecule has 2 fully saturated rings. The van der Waals surface area contributed by atoms with E-state index in [1.807, 2.05) is 6.92 Å².